The Morgan fingerprint density at radius 1 is 0.333 bits per heavy atom. The summed E-state index contributed by atoms with van der Waals surface area (Å²) in [5, 5.41) is 2.21. The van der Waals surface area contributed by atoms with E-state index in [0.29, 0.717) is 0 Å². The fourth-order valence-corrected chi connectivity index (χ4v) is 10.0. The van der Waals surface area contributed by atoms with E-state index < -0.39 is 5.41 Å². The van der Waals surface area contributed by atoms with Gasteiger partial charge in [0.25, 0.3) is 0 Å². The van der Waals surface area contributed by atoms with Crippen LogP contribution < -0.4 is 4.90 Å². The molecule has 0 aliphatic heterocycles. The molecule has 2 nitrogen and oxygen atoms in total. The lowest BCUT2D eigenvalue weighted by Crippen LogP contribution is -2.29. The zero-order valence-corrected chi connectivity index (χ0v) is 31.1. The molecule has 0 saturated carbocycles. The van der Waals surface area contributed by atoms with Gasteiger partial charge >= 0.3 is 0 Å². The van der Waals surface area contributed by atoms with Crippen molar-refractivity contribution in [3.8, 4) is 44.5 Å². The minimum absolute atomic E-state index is 0.539. The van der Waals surface area contributed by atoms with Gasteiger partial charge in [-0.05, 0) is 91.5 Å². The van der Waals surface area contributed by atoms with Gasteiger partial charge in [-0.3, -0.25) is 0 Å². The fraction of sp³-hybridized carbons (Fsp3) is 0.0182. The van der Waals surface area contributed by atoms with Gasteiger partial charge < -0.3 is 9.32 Å². The van der Waals surface area contributed by atoms with Crippen LogP contribution in [0.3, 0.4) is 0 Å². The van der Waals surface area contributed by atoms with Crippen LogP contribution in [0.25, 0.3) is 66.4 Å². The Bertz CT molecular complexity index is 3140. The van der Waals surface area contributed by atoms with Crippen molar-refractivity contribution in [3.05, 3.63) is 235 Å². The van der Waals surface area contributed by atoms with Crippen LogP contribution in [0.15, 0.2) is 217 Å². The summed E-state index contributed by atoms with van der Waals surface area (Å²) < 4.78 is 6.77. The van der Waals surface area contributed by atoms with Crippen LogP contribution in [0.2, 0.25) is 0 Å². The first kappa shape index (κ1) is 31.9. The van der Waals surface area contributed by atoms with E-state index in [1.165, 1.54) is 55.6 Å². The van der Waals surface area contributed by atoms with Crippen molar-refractivity contribution in [3.63, 3.8) is 0 Å². The maximum Gasteiger partial charge on any atom is 0.159 e. The number of benzene rings is 9. The summed E-state index contributed by atoms with van der Waals surface area (Å²) in [5.41, 5.74) is 19.4. The molecular formula is C55H35NO. The highest BCUT2D eigenvalue weighted by Crippen LogP contribution is 2.62. The zero-order chi connectivity index (χ0) is 37.5. The van der Waals surface area contributed by atoms with Crippen LogP contribution in [0.1, 0.15) is 22.3 Å². The molecule has 1 spiro atoms. The van der Waals surface area contributed by atoms with Gasteiger partial charge in [-0.2, -0.15) is 0 Å². The molecular weight excluding hydrogens is 691 g/mol. The fourth-order valence-electron chi connectivity index (χ4n) is 10.0. The van der Waals surface area contributed by atoms with Crippen LogP contribution in [-0.2, 0) is 5.41 Å². The van der Waals surface area contributed by atoms with Gasteiger partial charge in [-0.15, -0.1) is 0 Å². The van der Waals surface area contributed by atoms with E-state index >= 15 is 0 Å². The van der Waals surface area contributed by atoms with E-state index in [2.05, 4.69) is 211 Å². The molecule has 0 atom stereocenters. The van der Waals surface area contributed by atoms with E-state index in [1.807, 2.05) is 6.07 Å². The highest BCUT2D eigenvalue weighted by Gasteiger charge is 2.49. The number of furan rings is 1. The molecule has 57 heavy (non-hydrogen) atoms. The van der Waals surface area contributed by atoms with Gasteiger partial charge in [0.05, 0.1) is 16.8 Å². The number of rotatable bonds is 4. The molecule has 1 aromatic heterocycles. The second kappa shape index (κ2) is 12.3. The molecule has 0 amide bonds. The summed E-state index contributed by atoms with van der Waals surface area (Å²) in [6.07, 6.45) is 0. The topological polar surface area (TPSA) is 16.4 Å². The van der Waals surface area contributed by atoms with E-state index in [9.17, 15) is 0 Å². The maximum atomic E-state index is 6.77. The van der Waals surface area contributed by atoms with Gasteiger partial charge in [-0.1, -0.05) is 182 Å². The van der Waals surface area contributed by atoms with E-state index in [0.717, 1.165) is 50.1 Å². The van der Waals surface area contributed by atoms with Crippen molar-refractivity contribution in [2.45, 2.75) is 5.41 Å². The summed E-state index contributed by atoms with van der Waals surface area (Å²) in [4.78, 5) is 2.41. The second-order valence-electron chi connectivity index (χ2n) is 15.1. The molecule has 0 N–H and O–H groups in total. The Kier molecular flexibility index (Phi) is 6.88. The minimum atomic E-state index is -0.539. The summed E-state index contributed by atoms with van der Waals surface area (Å²) in [6, 6.07) is 77.6. The lowest BCUT2D eigenvalue weighted by molar-refractivity contribution is 0.669. The summed E-state index contributed by atoms with van der Waals surface area (Å²) in [7, 11) is 0. The lowest BCUT2D eigenvalue weighted by atomic mass is 9.66. The molecule has 1 heterocycles. The lowest BCUT2D eigenvalue weighted by Gasteiger charge is -2.35. The molecule has 0 radical (unpaired) electrons. The second-order valence-corrected chi connectivity index (χ2v) is 15.1. The molecule has 266 valence electrons. The SMILES string of the molecule is c1ccc(-c2ccccc2N(c2ccc3c(c2)-c2ccccc2C32c3ccccc3-c3ccccc3-c3ccccc32)c2cccc3c2oc2ccccc23)cc1. The monoisotopic (exact) mass is 725 g/mol. The smallest absolute Gasteiger partial charge is 0.159 e. The first-order chi connectivity index (χ1) is 28.3. The number of para-hydroxylation sites is 3. The van der Waals surface area contributed by atoms with Crippen molar-refractivity contribution in [1.29, 1.82) is 0 Å². The third kappa shape index (κ3) is 4.47. The van der Waals surface area contributed by atoms with Gasteiger partial charge in [0.15, 0.2) is 5.58 Å². The largest absolute Gasteiger partial charge is 0.454 e. The number of hydrogen-bond donors (Lipinski definition) is 0. The first-order valence-corrected chi connectivity index (χ1v) is 19.7. The van der Waals surface area contributed by atoms with Crippen LogP contribution >= 0.6 is 0 Å². The predicted molar refractivity (Wildman–Crippen MR) is 236 cm³/mol. The molecule has 2 aliphatic rings. The molecule has 0 fully saturated rings. The van der Waals surface area contributed by atoms with Crippen LogP contribution in [0.4, 0.5) is 17.1 Å². The molecule has 0 unspecified atom stereocenters. The quantitative estimate of drug-likeness (QED) is 0.180. The zero-order valence-electron chi connectivity index (χ0n) is 31.1. The number of hydrogen-bond acceptors (Lipinski definition) is 2. The summed E-state index contributed by atoms with van der Waals surface area (Å²) in [6.45, 7) is 0. The average molecular weight is 726 g/mol. The van der Waals surface area contributed by atoms with E-state index in [-0.39, 0.29) is 0 Å². The normalized spacial score (nSPS) is 13.1. The standard InChI is InChI=1S/C55H35NO/c1-2-17-36(18-3-1)38-19-9-14-30-51(38)56(52-31-16-26-45-44-25-10-15-32-53(44)57-54(45)52)37-33-34-50-46(35-37)43-24-8-13-29-49(43)55(50)47-27-11-6-22-41(47)39-20-4-5-21-40(39)42-23-7-12-28-48(42)55/h1-35H. The Morgan fingerprint density at radius 3 is 1.51 bits per heavy atom. The Labute approximate surface area is 331 Å². The molecule has 0 saturated heterocycles. The highest BCUT2D eigenvalue weighted by atomic mass is 16.3. The Morgan fingerprint density at radius 2 is 0.825 bits per heavy atom. The molecule has 2 aliphatic carbocycles. The molecule has 9 aromatic carbocycles. The van der Waals surface area contributed by atoms with Crippen molar-refractivity contribution < 1.29 is 4.42 Å². The summed E-state index contributed by atoms with van der Waals surface area (Å²) in [5.74, 6) is 0. The van der Waals surface area contributed by atoms with Crippen LogP contribution in [0, 0.1) is 0 Å². The minimum Gasteiger partial charge on any atom is -0.454 e. The van der Waals surface area contributed by atoms with Gasteiger partial charge in [0, 0.05) is 22.0 Å². The predicted octanol–water partition coefficient (Wildman–Crippen LogP) is 14.7. The highest BCUT2D eigenvalue weighted by molar-refractivity contribution is 6.11. The van der Waals surface area contributed by atoms with Crippen molar-refractivity contribution >= 4 is 39.0 Å². The molecule has 12 rings (SSSR count). The molecule has 2 heteroatoms. The number of fused-ring (bicyclic) bond motifs is 15. The van der Waals surface area contributed by atoms with Crippen LogP contribution in [-0.4, -0.2) is 0 Å². The Balaban J connectivity index is 1.17. The van der Waals surface area contributed by atoms with Crippen LogP contribution in [0.5, 0.6) is 0 Å². The van der Waals surface area contributed by atoms with E-state index in [4.69, 9.17) is 4.42 Å². The average Bonchev–Trinajstić information content (AvgIpc) is 3.78. The third-order valence-corrected chi connectivity index (χ3v) is 12.3. The van der Waals surface area contributed by atoms with Crippen molar-refractivity contribution in [2.24, 2.45) is 0 Å². The maximum absolute atomic E-state index is 6.77. The third-order valence-electron chi connectivity index (χ3n) is 12.3. The van der Waals surface area contributed by atoms with Crippen molar-refractivity contribution in [1.82, 2.24) is 0 Å². The Hall–Kier alpha value is -7.42. The number of nitrogens with zero attached hydrogens (tertiary/aromatic N) is 1. The first-order valence-electron chi connectivity index (χ1n) is 19.7. The van der Waals surface area contributed by atoms with E-state index in [1.54, 1.807) is 0 Å². The van der Waals surface area contributed by atoms with Gasteiger partial charge in [0.2, 0.25) is 0 Å². The molecule has 0 bridgehead atoms. The van der Waals surface area contributed by atoms with Gasteiger partial charge in [0.1, 0.15) is 5.58 Å². The van der Waals surface area contributed by atoms with Gasteiger partial charge in [-0.25, -0.2) is 0 Å². The number of anilines is 3. The summed E-state index contributed by atoms with van der Waals surface area (Å²) >= 11 is 0. The molecule has 10 aromatic rings. The van der Waals surface area contributed by atoms with Crippen molar-refractivity contribution in [2.75, 3.05) is 4.90 Å².